The molecular weight excluding hydrogens is 212 g/mol. The third-order valence-electron chi connectivity index (χ3n) is 4.27. The zero-order chi connectivity index (χ0) is 12.8. The molecule has 0 heterocycles. The van der Waals surface area contributed by atoms with Gasteiger partial charge in [0.1, 0.15) is 5.75 Å². The highest BCUT2D eigenvalue weighted by molar-refractivity contribution is 5.46. The monoisotopic (exact) mass is 232 g/mol. The van der Waals surface area contributed by atoms with E-state index in [0.29, 0.717) is 5.75 Å². The predicted octanol–water partition coefficient (Wildman–Crippen LogP) is 3.06. The van der Waals surface area contributed by atoms with Crippen LogP contribution >= 0.6 is 0 Å². The first kappa shape index (κ1) is 12.2. The van der Waals surface area contributed by atoms with E-state index in [1.54, 1.807) is 6.07 Å². The van der Waals surface area contributed by atoms with Crippen LogP contribution in [0.15, 0.2) is 30.4 Å². The van der Waals surface area contributed by atoms with Crippen LogP contribution in [0.5, 0.6) is 5.75 Å². The van der Waals surface area contributed by atoms with Crippen LogP contribution in [0.25, 0.3) is 0 Å². The summed E-state index contributed by atoms with van der Waals surface area (Å²) in [6.45, 7) is 9.83. The Kier molecular flexibility index (Phi) is 2.58. The molecule has 1 aliphatic rings. The van der Waals surface area contributed by atoms with Crippen molar-refractivity contribution in [2.45, 2.75) is 44.6 Å². The summed E-state index contributed by atoms with van der Waals surface area (Å²) in [6, 6.07) is 5.72. The van der Waals surface area contributed by atoms with Crippen LogP contribution in [0, 0.1) is 6.92 Å². The Morgan fingerprint density at radius 2 is 1.88 bits per heavy atom. The van der Waals surface area contributed by atoms with Crippen molar-refractivity contribution in [2.24, 2.45) is 0 Å². The summed E-state index contributed by atoms with van der Waals surface area (Å²) in [4.78, 5) is 0. The predicted molar refractivity (Wildman–Crippen MR) is 69.2 cm³/mol. The fraction of sp³-hybridized carbons (Fsp3) is 0.467. The minimum atomic E-state index is -0.796. The Morgan fingerprint density at radius 1 is 1.24 bits per heavy atom. The molecule has 2 atom stereocenters. The van der Waals surface area contributed by atoms with E-state index in [9.17, 15) is 10.2 Å². The molecule has 2 nitrogen and oxygen atoms in total. The van der Waals surface area contributed by atoms with Gasteiger partial charge in [-0.2, -0.15) is 0 Å². The summed E-state index contributed by atoms with van der Waals surface area (Å²) in [7, 11) is 0. The SMILES string of the molecule is C=C1[C@](C)(O)CC[C@@]1(C)c1ccc(C)c(O)c1. The highest BCUT2D eigenvalue weighted by atomic mass is 16.3. The summed E-state index contributed by atoms with van der Waals surface area (Å²) in [5.41, 5.74) is 1.70. The molecule has 0 saturated heterocycles. The van der Waals surface area contributed by atoms with E-state index in [2.05, 4.69) is 13.5 Å². The summed E-state index contributed by atoms with van der Waals surface area (Å²) in [6.07, 6.45) is 1.58. The van der Waals surface area contributed by atoms with Crippen LogP contribution in [-0.2, 0) is 5.41 Å². The molecule has 0 bridgehead atoms. The minimum Gasteiger partial charge on any atom is -0.508 e. The van der Waals surface area contributed by atoms with Gasteiger partial charge in [-0.25, -0.2) is 0 Å². The van der Waals surface area contributed by atoms with Gasteiger partial charge in [-0.1, -0.05) is 25.6 Å². The number of phenolic OH excluding ortho intramolecular Hbond substituents is 1. The molecule has 0 aromatic heterocycles. The number of rotatable bonds is 1. The lowest BCUT2D eigenvalue weighted by Crippen LogP contribution is -2.28. The van der Waals surface area contributed by atoms with Crippen LogP contribution in [0.3, 0.4) is 0 Å². The second kappa shape index (κ2) is 3.61. The molecule has 1 fully saturated rings. The first-order valence-electron chi connectivity index (χ1n) is 6.00. The van der Waals surface area contributed by atoms with Crippen molar-refractivity contribution < 1.29 is 10.2 Å². The van der Waals surface area contributed by atoms with Gasteiger partial charge in [-0.15, -0.1) is 0 Å². The maximum Gasteiger partial charge on any atom is 0.118 e. The lowest BCUT2D eigenvalue weighted by atomic mass is 9.76. The molecule has 0 radical (unpaired) electrons. The minimum absolute atomic E-state index is 0.241. The molecule has 0 amide bonds. The first-order valence-corrected chi connectivity index (χ1v) is 6.00. The van der Waals surface area contributed by atoms with Gasteiger partial charge in [0.05, 0.1) is 5.60 Å². The molecule has 2 N–H and O–H groups in total. The number of phenols is 1. The van der Waals surface area contributed by atoms with Crippen molar-refractivity contribution in [3.05, 3.63) is 41.5 Å². The van der Waals surface area contributed by atoms with Gasteiger partial charge in [0.15, 0.2) is 0 Å². The van der Waals surface area contributed by atoms with Gasteiger partial charge in [-0.05, 0) is 49.5 Å². The fourth-order valence-electron chi connectivity index (χ4n) is 2.66. The van der Waals surface area contributed by atoms with E-state index in [0.717, 1.165) is 29.5 Å². The van der Waals surface area contributed by atoms with E-state index in [1.807, 2.05) is 26.0 Å². The Morgan fingerprint density at radius 3 is 2.35 bits per heavy atom. The maximum absolute atomic E-state index is 10.2. The summed E-state index contributed by atoms with van der Waals surface area (Å²) in [5.74, 6) is 0.308. The largest absolute Gasteiger partial charge is 0.508 e. The van der Waals surface area contributed by atoms with Crippen molar-refractivity contribution >= 4 is 0 Å². The Labute approximate surface area is 103 Å². The second-order valence-electron chi connectivity index (χ2n) is 5.59. The highest BCUT2D eigenvalue weighted by Crippen LogP contribution is 2.49. The quantitative estimate of drug-likeness (QED) is 0.731. The van der Waals surface area contributed by atoms with Gasteiger partial charge < -0.3 is 10.2 Å². The van der Waals surface area contributed by atoms with Crippen molar-refractivity contribution in [2.75, 3.05) is 0 Å². The van der Waals surface area contributed by atoms with E-state index in [1.165, 1.54) is 0 Å². The molecule has 2 heteroatoms. The van der Waals surface area contributed by atoms with Crippen molar-refractivity contribution in [3.63, 3.8) is 0 Å². The Balaban J connectivity index is 2.46. The number of aromatic hydroxyl groups is 1. The molecule has 1 aromatic rings. The van der Waals surface area contributed by atoms with Crippen LogP contribution in [0.4, 0.5) is 0 Å². The van der Waals surface area contributed by atoms with Gasteiger partial charge in [0, 0.05) is 5.41 Å². The van der Waals surface area contributed by atoms with Gasteiger partial charge >= 0.3 is 0 Å². The lowest BCUT2D eigenvalue weighted by Gasteiger charge is -2.30. The average Bonchev–Trinajstić information content (AvgIpc) is 2.48. The standard InChI is InChI=1S/C15H20O2/c1-10-5-6-12(9-13(10)16)14(3)7-8-15(4,17)11(14)2/h5-6,9,16-17H,2,7-8H2,1,3-4H3/t14-,15-/m1/s1. The number of hydrogen-bond donors (Lipinski definition) is 2. The zero-order valence-corrected chi connectivity index (χ0v) is 10.7. The van der Waals surface area contributed by atoms with Crippen LogP contribution in [0.2, 0.25) is 0 Å². The summed E-state index contributed by atoms with van der Waals surface area (Å²) in [5, 5.41) is 20.0. The third-order valence-corrected chi connectivity index (χ3v) is 4.27. The molecule has 1 aliphatic carbocycles. The van der Waals surface area contributed by atoms with Gasteiger partial charge in [0.2, 0.25) is 0 Å². The fourth-order valence-corrected chi connectivity index (χ4v) is 2.66. The van der Waals surface area contributed by atoms with Crippen LogP contribution < -0.4 is 0 Å². The first-order chi connectivity index (χ1) is 7.77. The Bertz CT molecular complexity index is 474. The van der Waals surface area contributed by atoms with Gasteiger partial charge in [0.25, 0.3) is 0 Å². The summed E-state index contributed by atoms with van der Waals surface area (Å²) < 4.78 is 0. The molecular formula is C15H20O2. The molecule has 0 aliphatic heterocycles. The topological polar surface area (TPSA) is 40.5 Å². The van der Waals surface area contributed by atoms with Crippen LogP contribution in [0.1, 0.15) is 37.8 Å². The molecule has 17 heavy (non-hydrogen) atoms. The average molecular weight is 232 g/mol. The maximum atomic E-state index is 10.2. The summed E-state index contributed by atoms with van der Waals surface area (Å²) >= 11 is 0. The van der Waals surface area contributed by atoms with Gasteiger partial charge in [-0.3, -0.25) is 0 Å². The lowest BCUT2D eigenvalue weighted by molar-refractivity contribution is 0.105. The van der Waals surface area contributed by atoms with Crippen molar-refractivity contribution in [1.82, 2.24) is 0 Å². The second-order valence-corrected chi connectivity index (χ2v) is 5.59. The highest BCUT2D eigenvalue weighted by Gasteiger charge is 2.46. The molecule has 0 unspecified atom stereocenters. The van der Waals surface area contributed by atoms with Crippen LogP contribution in [-0.4, -0.2) is 15.8 Å². The molecule has 0 spiro atoms. The smallest absolute Gasteiger partial charge is 0.118 e. The van der Waals surface area contributed by atoms with E-state index >= 15 is 0 Å². The van der Waals surface area contributed by atoms with Crippen molar-refractivity contribution in [1.29, 1.82) is 0 Å². The third kappa shape index (κ3) is 1.77. The number of benzene rings is 1. The molecule has 92 valence electrons. The molecule has 1 aromatic carbocycles. The Hall–Kier alpha value is -1.28. The van der Waals surface area contributed by atoms with E-state index in [4.69, 9.17) is 0 Å². The molecule has 1 saturated carbocycles. The number of aryl methyl sites for hydroxylation is 1. The van der Waals surface area contributed by atoms with E-state index < -0.39 is 5.60 Å². The normalized spacial score (nSPS) is 33.1. The number of hydrogen-bond acceptors (Lipinski definition) is 2. The van der Waals surface area contributed by atoms with E-state index in [-0.39, 0.29) is 5.41 Å². The molecule has 2 rings (SSSR count). The zero-order valence-electron chi connectivity index (χ0n) is 10.7. The van der Waals surface area contributed by atoms with Crippen molar-refractivity contribution in [3.8, 4) is 5.75 Å². The number of aliphatic hydroxyl groups is 1.